The predicted molar refractivity (Wildman–Crippen MR) is 600 cm³/mol. The van der Waals surface area contributed by atoms with Crippen molar-refractivity contribution in [2.45, 2.75) is 19.3 Å². The standard InChI is InChI=1S/C52H32N4S.C43H29N3S.C35H22N2S/c1-3-14-33(15-4-1)34-26-28-35(29-27-34)43-32-50(54-52(53-43)40-21-13-25-49-51(40)39-20-9-12-24-48(39)57-49)56-45-23-11-8-19-38(45)42-30-46-41(31-47(42)56)37-18-7-10-22-44(37)55(46)36-16-5-2-6-17-36;1-43(2)34-17-9-6-14-28(34)31-24-38-32(23-35(31)43)29-15-7-10-18-37(29)46(38)41-25-36(26-12-4-3-5-13-26)44-42(45-41)27-20-21-40-33(22-27)30-16-8-11-19-39(30)47-40;1-2-10-23(11-3-1)30-21-25(37-32-15-7-4-12-26(32)27-13-5-8-16-33(27)37)22-31(36-30)24-18-19-35-29(20-24)28-14-6-9-17-34(28)38-35/h1-32H;3-25H,1-2H3;1-22H. The summed E-state index contributed by atoms with van der Waals surface area (Å²) < 4.78 is 17.1. The van der Waals surface area contributed by atoms with Crippen molar-refractivity contribution in [1.82, 2.24) is 43.2 Å². The van der Waals surface area contributed by atoms with Crippen LogP contribution in [-0.4, -0.2) is 43.2 Å². The Morgan fingerprint density at radius 1 is 0.183 bits per heavy atom. The molecule has 1 aliphatic carbocycles. The normalized spacial score (nSPS) is 12.4. The van der Waals surface area contributed by atoms with Crippen LogP contribution in [0.3, 0.4) is 0 Å². The van der Waals surface area contributed by atoms with Crippen molar-refractivity contribution in [2.24, 2.45) is 0 Å². The molecule has 9 nitrogen and oxygen atoms in total. The third-order valence-electron chi connectivity index (χ3n) is 28.8. The minimum atomic E-state index is -0.0731. The van der Waals surface area contributed by atoms with E-state index in [1.165, 1.54) is 159 Å². The summed E-state index contributed by atoms with van der Waals surface area (Å²) >= 11 is 5.49. The summed E-state index contributed by atoms with van der Waals surface area (Å²) in [6.45, 7) is 4.69. The van der Waals surface area contributed by atoms with Gasteiger partial charge in [-0.2, -0.15) is 0 Å². The van der Waals surface area contributed by atoms with E-state index in [4.69, 9.17) is 24.9 Å². The lowest BCUT2D eigenvalue weighted by Crippen LogP contribution is -2.14. The van der Waals surface area contributed by atoms with Crippen LogP contribution in [0.25, 0.3) is 261 Å². The molecule has 1 aliphatic rings. The summed E-state index contributed by atoms with van der Waals surface area (Å²) in [5.41, 5.74) is 29.3. The number of rotatable bonds is 11. The van der Waals surface area contributed by atoms with Crippen LogP contribution in [0, 0.1) is 0 Å². The topological polar surface area (TPSA) is 84.2 Å². The van der Waals surface area contributed by atoms with E-state index in [0.717, 1.165) is 107 Å². The number of aromatic nitrogens is 9. The zero-order valence-electron chi connectivity index (χ0n) is 77.2. The lowest BCUT2D eigenvalue weighted by Gasteiger charge is -2.21. The highest BCUT2D eigenvalue weighted by atomic mass is 32.1. The summed E-state index contributed by atoms with van der Waals surface area (Å²) in [7, 11) is 0. The van der Waals surface area contributed by atoms with Crippen LogP contribution in [-0.2, 0) is 5.41 Å². The highest BCUT2D eigenvalue weighted by Gasteiger charge is 2.37. The Bertz CT molecular complexity index is 10100. The van der Waals surface area contributed by atoms with Crippen LogP contribution in [0.5, 0.6) is 0 Å². The van der Waals surface area contributed by atoms with Crippen molar-refractivity contribution in [1.29, 1.82) is 0 Å². The summed E-state index contributed by atoms with van der Waals surface area (Å²) in [6, 6.07) is 167. The largest absolute Gasteiger partial charge is 0.309 e. The van der Waals surface area contributed by atoms with E-state index in [-0.39, 0.29) is 5.41 Å². The Labute approximate surface area is 829 Å². The Kier molecular flexibility index (Phi) is 19.4. The highest BCUT2D eigenvalue weighted by Crippen LogP contribution is 2.53. The highest BCUT2D eigenvalue weighted by molar-refractivity contribution is 7.26. The van der Waals surface area contributed by atoms with E-state index >= 15 is 0 Å². The second kappa shape index (κ2) is 33.3. The number of fused-ring (bicyclic) bond motifs is 24. The molecular formula is C130H83N9S3. The molecule has 0 unspecified atom stereocenters. The van der Waals surface area contributed by atoms with Gasteiger partial charge in [-0.3, -0.25) is 9.13 Å². The average Bonchev–Trinajstić information content (AvgIpc) is 1.56. The summed E-state index contributed by atoms with van der Waals surface area (Å²) in [6.07, 6.45) is 0. The fraction of sp³-hybridized carbons (Fsp3) is 0.0231. The number of hydrogen-bond acceptors (Lipinski definition) is 8. The predicted octanol–water partition coefficient (Wildman–Crippen LogP) is 35.5. The summed E-state index contributed by atoms with van der Waals surface area (Å²) in [5, 5.41) is 17.3. The van der Waals surface area contributed by atoms with Crippen molar-refractivity contribution in [2.75, 3.05) is 0 Å². The van der Waals surface area contributed by atoms with Crippen LogP contribution in [0.2, 0.25) is 0 Å². The Hall–Kier alpha value is -17.7. The molecule has 19 aromatic carbocycles. The molecule has 10 aromatic heterocycles. The first kappa shape index (κ1) is 82.6. The van der Waals surface area contributed by atoms with Crippen molar-refractivity contribution in [3.8, 4) is 113 Å². The molecule has 0 N–H and O–H groups in total. The molecular weight excluding hydrogens is 1780 g/mol. The molecule has 0 bridgehead atoms. The Balaban J connectivity index is 0.000000106. The van der Waals surface area contributed by atoms with E-state index in [2.05, 4.69) is 499 Å². The molecule has 0 spiro atoms. The molecule has 0 radical (unpaired) electrons. The fourth-order valence-electron chi connectivity index (χ4n) is 22.1. The average molecular weight is 1870 g/mol. The first-order chi connectivity index (χ1) is 70.1. The molecule has 29 aromatic rings. The van der Waals surface area contributed by atoms with Gasteiger partial charge in [-0.05, 0) is 167 Å². The van der Waals surface area contributed by atoms with Crippen molar-refractivity contribution in [3.63, 3.8) is 0 Å². The van der Waals surface area contributed by atoms with Gasteiger partial charge in [-0.15, -0.1) is 34.0 Å². The number of para-hydroxylation sites is 6. The van der Waals surface area contributed by atoms with Gasteiger partial charge < -0.3 is 9.13 Å². The van der Waals surface area contributed by atoms with Crippen LogP contribution in [0.15, 0.2) is 467 Å². The van der Waals surface area contributed by atoms with Crippen LogP contribution in [0.4, 0.5) is 0 Å². The van der Waals surface area contributed by atoms with Gasteiger partial charge in [0.15, 0.2) is 11.6 Å². The smallest absolute Gasteiger partial charge is 0.162 e. The minimum Gasteiger partial charge on any atom is -0.309 e. The number of thiophene rings is 3. The quantitative estimate of drug-likeness (QED) is 0.129. The van der Waals surface area contributed by atoms with Gasteiger partial charge in [0.05, 0.1) is 72.6 Å². The lowest BCUT2D eigenvalue weighted by molar-refractivity contribution is 0.661. The van der Waals surface area contributed by atoms with Crippen LogP contribution >= 0.6 is 34.0 Å². The molecule has 0 saturated carbocycles. The molecule has 666 valence electrons. The molecule has 0 fully saturated rings. The van der Waals surface area contributed by atoms with Gasteiger partial charge in [-0.1, -0.05) is 335 Å². The van der Waals surface area contributed by atoms with E-state index in [9.17, 15) is 0 Å². The third-order valence-corrected chi connectivity index (χ3v) is 32.2. The first-order valence-corrected chi connectivity index (χ1v) is 50.6. The van der Waals surface area contributed by atoms with Crippen molar-refractivity contribution >= 4 is 182 Å². The summed E-state index contributed by atoms with van der Waals surface area (Å²) in [4.78, 5) is 26.7. The SMILES string of the molecule is CC1(C)c2ccccc2-c2cc3c(cc21)c1ccccc1n3-c1cc(-c2ccccc2)nc(-c2ccc3sc4ccccc4c3c2)n1.c1ccc(-c2cc(-n3c4ccccc4c4ccccc43)cc(-c3ccc4sc5ccccc5c4c3)n2)cc1.c1ccc(-c2ccc(-c3cc(-n4c5ccccc5c5cc6c(cc54)c4ccccc4n6-c4ccccc4)nc(-c4cccc5sc6ccccc6c45)n3)cc2)cc1. The Morgan fingerprint density at radius 3 is 1.10 bits per heavy atom. The van der Waals surface area contributed by atoms with Crippen molar-refractivity contribution in [3.05, 3.63) is 478 Å². The van der Waals surface area contributed by atoms with Gasteiger partial charge in [-0.25, -0.2) is 24.9 Å². The molecule has 0 saturated heterocycles. The maximum atomic E-state index is 5.52. The minimum absolute atomic E-state index is 0.0731. The van der Waals surface area contributed by atoms with Gasteiger partial charge in [0.1, 0.15) is 11.6 Å². The molecule has 0 amide bonds. The number of benzene rings is 19. The van der Waals surface area contributed by atoms with Gasteiger partial charge >= 0.3 is 0 Å². The monoisotopic (exact) mass is 1870 g/mol. The molecule has 0 aliphatic heterocycles. The maximum absolute atomic E-state index is 5.52. The molecule has 12 heteroatoms. The lowest BCUT2D eigenvalue weighted by atomic mass is 9.82. The fourth-order valence-corrected chi connectivity index (χ4v) is 25.4. The van der Waals surface area contributed by atoms with Gasteiger partial charge in [0.2, 0.25) is 0 Å². The van der Waals surface area contributed by atoms with E-state index in [1.54, 1.807) is 0 Å². The van der Waals surface area contributed by atoms with E-state index in [0.29, 0.717) is 5.82 Å². The van der Waals surface area contributed by atoms with Gasteiger partial charge in [0.25, 0.3) is 0 Å². The third kappa shape index (κ3) is 13.6. The zero-order valence-corrected chi connectivity index (χ0v) is 79.7. The van der Waals surface area contributed by atoms with E-state index < -0.39 is 0 Å². The summed E-state index contributed by atoms with van der Waals surface area (Å²) in [5.74, 6) is 3.12. The van der Waals surface area contributed by atoms with Gasteiger partial charge in [0, 0.05) is 160 Å². The van der Waals surface area contributed by atoms with Crippen LogP contribution in [0.1, 0.15) is 25.0 Å². The van der Waals surface area contributed by atoms with Crippen LogP contribution < -0.4 is 0 Å². The molecule has 0 atom stereocenters. The zero-order chi connectivity index (χ0) is 93.8. The van der Waals surface area contributed by atoms with E-state index in [1.807, 2.05) is 34.0 Å². The maximum Gasteiger partial charge on any atom is 0.162 e. The van der Waals surface area contributed by atoms with Crippen molar-refractivity contribution < 1.29 is 0 Å². The number of pyridine rings is 1. The Morgan fingerprint density at radius 2 is 0.535 bits per heavy atom. The first-order valence-electron chi connectivity index (χ1n) is 48.1. The number of nitrogens with zero attached hydrogens (tertiary/aromatic N) is 9. The number of hydrogen-bond donors (Lipinski definition) is 0. The second-order valence-electron chi connectivity index (χ2n) is 37.3. The molecule has 10 heterocycles. The molecule has 142 heavy (non-hydrogen) atoms. The molecule has 30 rings (SSSR count). The second-order valence-corrected chi connectivity index (χ2v) is 40.5.